The fourth-order valence-electron chi connectivity index (χ4n) is 4.77. The van der Waals surface area contributed by atoms with Crippen molar-refractivity contribution in [1.29, 1.82) is 0 Å². The van der Waals surface area contributed by atoms with Crippen LogP contribution in [0.1, 0.15) is 25.0 Å². The second-order valence-electron chi connectivity index (χ2n) is 8.50. The van der Waals surface area contributed by atoms with Crippen molar-refractivity contribution >= 4 is 28.6 Å². The van der Waals surface area contributed by atoms with E-state index in [-0.39, 0.29) is 23.8 Å². The van der Waals surface area contributed by atoms with E-state index >= 15 is 0 Å². The molecule has 0 aromatic carbocycles. The average Bonchev–Trinajstić information content (AvgIpc) is 3.34. The molecule has 0 N–H and O–H groups in total. The van der Waals surface area contributed by atoms with Crippen molar-refractivity contribution in [1.82, 2.24) is 24.7 Å². The average molecular weight is 481 g/mol. The predicted octanol–water partition coefficient (Wildman–Crippen LogP) is 3.53. The summed E-state index contributed by atoms with van der Waals surface area (Å²) in [5.74, 6) is 0.148. The van der Waals surface area contributed by atoms with Gasteiger partial charge in [0.15, 0.2) is 11.3 Å². The molecule has 2 saturated heterocycles. The number of hydrogen-bond acceptors (Lipinski definition) is 6. The Morgan fingerprint density at radius 2 is 1.79 bits per heavy atom. The van der Waals surface area contributed by atoms with Gasteiger partial charge in [-0.05, 0) is 31.4 Å². The molecule has 0 saturated carbocycles. The highest BCUT2D eigenvalue weighted by Crippen LogP contribution is 2.45. The maximum atomic E-state index is 13.4. The van der Waals surface area contributed by atoms with E-state index in [2.05, 4.69) is 20.1 Å². The lowest BCUT2D eigenvalue weighted by molar-refractivity contribution is -0.140. The number of pyridine rings is 1. The van der Waals surface area contributed by atoms with E-state index in [0.717, 1.165) is 10.9 Å². The smallest absolute Gasteiger partial charge is 0.355 e. The molecule has 34 heavy (non-hydrogen) atoms. The zero-order valence-corrected chi connectivity index (χ0v) is 17.8. The lowest BCUT2D eigenvalue weighted by Crippen LogP contribution is -2.45. The molecular weight excluding hydrogens is 461 g/mol. The first-order chi connectivity index (χ1) is 16.2. The predicted molar refractivity (Wildman–Crippen MR) is 111 cm³/mol. The van der Waals surface area contributed by atoms with Gasteiger partial charge >= 0.3 is 6.18 Å². The molecule has 0 unspecified atom stereocenters. The van der Waals surface area contributed by atoms with Crippen molar-refractivity contribution in [2.45, 2.75) is 38.4 Å². The summed E-state index contributed by atoms with van der Waals surface area (Å²) in [5, 5.41) is 3.91. The van der Waals surface area contributed by atoms with Gasteiger partial charge in [0.05, 0.1) is 23.5 Å². The molecule has 2 aliphatic heterocycles. The number of carbonyl (C=O) groups excluding carboxylic acids is 1. The standard InChI is InChI=1S/C21H20F5N7O/c22-15(23)12-33-18-13(10-29-33)28-11-16(30-18)31-7-3-20(4-8-31)5-9-32(19(20)34)14-2-1-6-27-17(14)21(24,25)26/h1-2,6,10-11,15H,3-5,7-9,12H2. The minimum Gasteiger partial charge on any atom is -0.355 e. The van der Waals surface area contributed by atoms with Gasteiger partial charge in [0.2, 0.25) is 5.91 Å². The zero-order chi connectivity index (χ0) is 24.1. The topological polar surface area (TPSA) is 80.0 Å². The van der Waals surface area contributed by atoms with Crippen molar-refractivity contribution in [3.63, 3.8) is 0 Å². The van der Waals surface area contributed by atoms with Gasteiger partial charge in [-0.15, -0.1) is 0 Å². The van der Waals surface area contributed by atoms with Crippen LogP contribution in [0.3, 0.4) is 0 Å². The summed E-state index contributed by atoms with van der Waals surface area (Å²) in [6, 6.07) is 2.66. The highest BCUT2D eigenvalue weighted by atomic mass is 19.4. The van der Waals surface area contributed by atoms with Crippen LogP contribution in [0.2, 0.25) is 0 Å². The fourth-order valence-corrected chi connectivity index (χ4v) is 4.77. The Labute approximate surface area is 190 Å². The Morgan fingerprint density at radius 1 is 1.06 bits per heavy atom. The van der Waals surface area contributed by atoms with E-state index in [1.54, 1.807) is 0 Å². The number of rotatable bonds is 4. The first-order valence-corrected chi connectivity index (χ1v) is 10.7. The van der Waals surface area contributed by atoms with E-state index in [1.165, 1.54) is 29.4 Å². The maximum absolute atomic E-state index is 13.4. The molecule has 1 spiro atoms. The zero-order valence-electron chi connectivity index (χ0n) is 17.8. The number of hydrogen-bond donors (Lipinski definition) is 0. The molecular formula is C21H20F5N7O. The summed E-state index contributed by atoms with van der Waals surface area (Å²) < 4.78 is 67.0. The largest absolute Gasteiger partial charge is 0.435 e. The molecule has 0 aliphatic carbocycles. The molecule has 13 heteroatoms. The SMILES string of the molecule is O=C1N(c2cccnc2C(F)(F)F)CCC12CCN(c1cnc3cnn(CC(F)F)c3n1)CC2. The molecule has 2 aliphatic rings. The summed E-state index contributed by atoms with van der Waals surface area (Å²) >= 11 is 0. The maximum Gasteiger partial charge on any atom is 0.435 e. The monoisotopic (exact) mass is 481 g/mol. The first-order valence-electron chi connectivity index (χ1n) is 10.7. The molecule has 2 fully saturated rings. The third kappa shape index (κ3) is 3.82. The van der Waals surface area contributed by atoms with Crippen molar-refractivity contribution in [3.8, 4) is 0 Å². The molecule has 5 rings (SSSR count). The number of piperidine rings is 1. The number of amides is 1. The molecule has 5 heterocycles. The van der Waals surface area contributed by atoms with Gasteiger partial charge in [0.1, 0.15) is 17.9 Å². The molecule has 0 radical (unpaired) electrons. The number of aromatic nitrogens is 5. The van der Waals surface area contributed by atoms with Gasteiger partial charge in [0.25, 0.3) is 6.43 Å². The molecule has 180 valence electrons. The summed E-state index contributed by atoms with van der Waals surface area (Å²) in [4.78, 5) is 28.6. The summed E-state index contributed by atoms with van der Waals surface area (Å²) in [7, 11) is 0. The highest BCUT2D eigenvalue weighted by molar-refractivity contribution is 6.00. The molecule has 1 amide bonds. The van der Waals surface area contributed by atoms with E-state index in [4.69, 9.17) is 0 Å². The number of nitrogens with zero attached hydrogens (tertiary/aromatic N) is 7. The van der Waals surface area contributed by atoms with E-state index in [1.807, 2.05) is 4.90 Å². The van der Waals surface area contributed by atoms with Crippen LogP contribution in [0.25, 0.3) is 11.2 Å². The molecule has 3 aromatic rings. The van der Waals surface area contributed by atoms with Crippen LogP contribution in [0.4, 0.5) is 33.5 Å². The van der Waals surface area contributed by atoms with Crippen LogP contribution in [-0.2, 0) is 17.5 Å². The lowest BCUT2D eigenvalue weighted by Gasteiger charge is -2.38. The van der Waals surface area contributed by atoms with Gasteiger partial charge in [-0.2, -0.15) is 18.3 Å². The Bertz CT molecular complexity index is 1220. The Kier molecular flexibility index (Phi) is 5.36. The van der Waals surface area contributed by atoms with Gasteiger partial charge < -0.3 is 9.80 Å². The van der Waals surface area contributed by atoms with Gasteiger partial charge in [-0.1, -0.05) is 0 Å². The lowest BCUT2D eigenvalue weighted by atomic mass is 9.77. The third-order valence-electron chi connectivity index (χ3n) is 6.55. The number of halogens is 5. The van der Waals surface area contributed by atoms with Crippen LogP contribution in [0.15, 0.2) is 30.7 Å². The first kappa shape index (κ1) is 22.4. The number of anilines is 2. The second-order valence-corrected chi connectivity index (χ2v) is 8.50. The summed E-state index contributed by atoms with van der Waals surface area (Å²) in [6.07, 6.45) is -1.98. The summed E-state index contributed by atoms with van der Waals surface area (Å²) in [5.41, 5.74) is -1.40. The fraction of sp³-hybridized carbons (Fsp3) is 0.476. The van der Waals surface area contributed by atoms with Crippen molar-refractivity contribution in [2.24, 2.45) is 5.41 Å². The van der Waals surface area contributed by atoms with E-state index in [0.29, 0.717) is 43.7 Å². The van der Waals surface area contributed by atoms with Crippen molar-refractivity contribution in [2.75, 3.05) is 29.4 Å². The quantitative estimate of drug-likeness (QED) is 0.531. The van der Waals surface area contributed by atoms with Gasteiger partial charge in [-0.25, -0.2) is 28.4 Å². The van der Waals surface area contributed by atoms with Crippen LogP contribution in [0.5, 0.6) is 0 Å². The van der Waals surface area contributed by atoms with Gasteiger partial charge in [-0.3, -0.25) is 4.79 Å². The number of carbonyl (C=O) groups is 1. The molecule has 8 nitrogen and oxygen atoms in total. The van der Waals surface area contributed by atoms with E-state index in [9.17, 15) is 26.7 Å². The normalized spacial score (nSPS) is 18.6. The molecule has 3 aromatic heterocycles. The Morgan fingerprint density at radius 3 is 2.50 bits per heavy atom. The van der Waals surface area contributed by atoms with Crippen LogP contribution >= 0.6 is 0 Å². The summed E-state index contributed by atoms with van der Waals surface area (Å²) in [6.45, 7) is 0.458. The Balaban J connectivity index is 1.33. The molecule has 0 atom stereocenters. The third-order valence-corrected chi connectivity index (χ3v) is 6.55. The Hall–Kier alpha value is -3.38. The molecule has 0 bridgehead atoms. The van der Waals surface area contributed by atoms with E-state index < -0.39 is 30.3 Å². The van der Waals surface area contributed by atoms with Crippen molar-refractivity contribution in [3.05, 3.63) is 36.4 Å². The highest BCUT2D eigenvalue weighted by Gasteiger charge is 2.50. The van der Waals surface area contributed by atoms with Gasteiger partial charge in [0, 0.05) is 25.8 Å². The second kappa shape index (κ2) is 8.13. The number of alkyl halides is 5. The van der Waals surface area contributed by atoms with Crippen LogP contribution < -0.4 is 9.80 Å². The van der Waals surface area contributed by atoms with Crippen LogP contribution in [-0.4, -0.2) is 56.7 Å². The minimum atomic E-state index is -4.66. The minimum absolute atomic E-state index is 0.187. The number of fused-ring (bicyclic) bond motifs is 1. The van der Waals surface area contributed by atoms with Crippen molar-refractivity contribution < 1.29 is 26.7 Å². The van der Waals surface area contributed by atoms with Crippen LogP contribution in [0, 0.1) is 5.41 Å².